The summed E-state index contributed by atoms with van der Waals surface area (Å²) < 4.78 is 50.2. The van der Waals surface area contributed by atoms with Gasteiger partial charge < -0.3 is 14.6 Å². The second-order valence-electron chi connectivity index (χ2n) is 10.3. The van der Waals surface area contributed by atoms with Crippen LogP contribution in [-0.2, 0) is 20.7 Å². The van der Waals surface area contributed by atoms with E-state index in [0.717, 1.165) is 44.2 Å². The number of esters is 1. The van der Waals surface area contributed by atoms with Crippen LogP contribution in [0, 0.1) is 23.4 Å². The van der Waals surface area contributed by atoms with Crippen LogP contribution in [0.3, 0.4) is 0 Å². The fourth-order valence-corrected chi connectivity index (χ4v) is 5.66. The number of fused-ring (bicyclic) bond motifs is 1. The Morgan fingerprint density at radius 3 is 2.39 bits per heavy atom. The number of carbonyl (C=O) groups excluding carboxylic acids is 2. The number of aromatic nitrogens is 2. The summed E-state index contributed by atoms with van der Waals surface area (Å²) in [6, 6.07) is 12.4. The van der Waals surface area contributed by atoms with Crippen LogP contribution in [0.2, 0.25) is 5.02 Å². The molecule has 6 nitrogen and oxygen atoms in total. The fraction of sp³-hybridized carbons (Fsp3) is 0.323. The molecule has 1 aromatic heterocycles. The van der Waals surface area contributed by atoms with Crippen molar-refractivity contribution in [3.05, 3.63) is 82.6 Å². The summed E-state index contributed by atoms with van der Waals surface area (Å²) in [5.41, 5.74) is 1.63. The van der Waals surface area contributed by atoms with Gasteiger partial charge in [-0.15, -0.1) is 0 Å². The van der Waals surface area contributed by atoms with E-state index >= 15 is 4.39 Å². The Hall–Kier alpha value is -3.85. The maximum Gasteiger partial charge on any atom is 0.305 e. The molecule has 41 heavy (non-hydrogen) atoms. The van der Waals surface area contributed by atoms with Gasteiger partial charge in [-0.2, -0.15) is 0 Å². The Morgan fingerprint density at radius 1 is 1.00 bits per heavy atom. The van der Waals surface area contributed by atoms with Gasteiger partial charge in [0.15, 0.2) is 11.6 Å². The maximum atomic E-state index is 15.1. The number of methoxy groups -OCH3 is 1. The Labute approximate surface area is 240 Å². The highest BCUT2D eigenvalue weighted by Crippen LogP contribution is 2.39. The van der Waals surface area contributed by atoms with Gasteiger partial charge in [0.25, 0.3) is 0 Å². The zero-order chi connectivity index (χ0) is 29.1. The molecule has 0 bridgehead atoms. The zero-order valence-corrected chi connectivity index (χ0v) is 23.2. The lowest BCUT2D eigenvalue weighted by Crippen LogP contribution is -2.34. The van der Waals surface area contributed by atoms with Gasteiger partial charge in [-0.05, 0) is 67.1 Å². The van der Waals surface area contributed by atoms with E-state index < -0.39 is 35.4 Å². The van der Waals surface area contributed by atoms with Crippen molar-refractivity contribution in [1.29, 1.82) is 0 Å². The minimum atomic E-state index is -1.06. The predicted molar refractivity (Wildman–Crippen MR) is 151 cm³/mol. The molecule has 1 aliphatic carbocycles. The molecule has 0 saturated heterocycles. The van der Waals surface area contributed by atoms with Gasteiger partial charge in [-0.25, -0.2) is 18.2 Å². The van der Waals surface area contributed by atoms with Crippen molar-refractivity contribution in [3.63, 3.8) is 0 Å². The number of aryl methyl sites for hydroxylation is 1. The van der Waals surface area contributed by atoms with E-state index in [1.54, 1.807) is 34.9 Å². The minimum Gasteiger partial charge on any atom is -0.469 e. The largest absolute Gasteiger partial charge is 0.469 e. The summed E-state index contributed by atoms with van der Waals surface area (Å²) in [6.45, 7) is 0. The van der Waals surface area contributed by atoms with Crippen molar-refractivity contribution in [2.45, 2.75) is 51.0 Å². The summed E-state index contributed by atoms with van der Waals surface area (Å²) in [4.78, 5) is 30.1. The summed E-state index contributed by atoms with van der Waals surface area (Å²) in [5.74, 6) is -3.44. The Kier molecular flexibility index (Phi) is 8.63. The van der Waals surface area contributed by atoms with Crippen LogP contribution in [0.1, 0.15) is 50.1 Å². The van der Waals surface area contributed by atoms with Crippen molar-refractivity contribution < 1.29 is 27.5 Å². The molecule has 3 aromatic carbocycles. The number of nitrogens with one attached hydrogen (secondary N) is 1. The number of rotatable bonds is 8. The molecule has 1 atom stereocenters. The summed E-state index contributed by atoms with van der Waals surface area (Å²) in [5, 5.41) is 3.24. The summed E-state index contributed by atoms with van der Waals surface area (Å²) in [6.07, 6.45) is 4.70. The molecule has 1 N–H and O–H groups in total. The van der Waals surface area contributed by atoms with Gasteiger partial charge in [-0.1, -0.05) is 36.9 Å². The second-order valence-corrected chi connectivity index (χ2v) is 10.7. The highest BCUT2D eigenvalue weighted by molar-refractivity contribution is 6.30. The number of halogens is 4. The minimum absolute atomic E-state index is 0.0210. The SMILES string of the molecule is COC(=O)CCc1ccc(NC(=O)C(C2CCCCC2)n2c(-c3ccc(Cl)cc3)nc3cc(F)c(F)cc32)c(F)c1. The highest BCUT2D eigenvalue weighted by Gasteiger charge is 2.35. The molecule has 10 heteroatoms. The number of carbonyl (C=O) groups is 2. The molecular formula is C31H29ClF3N3O3. The number of hydrogen-bond donors (Lipinski definition) is 1. The van der Waals surface area contributed by atoms with Crippen molar-refractivity contribution in [2.24, 2.45) is 5.92 Å². The van der Waals surface area contributed by atoms with E-state index in [0.29, 0.717) is 22.0 Å². The van der Waals surface area contributed by atoms with Gasteiger partial charge in [-0.3, -0.25) is 9.59 Å². The van der Waals surface area contributed by atoms with Crippen LogP contribution < -0.4 is 5.32 Å². The lowest BCUT2D eigenvalue weighted by Gasteiger charge is -2.32. The first-order chi connectivity index (χ1) is 19.7. The van der Waals surface area contributed by atoms with Crippen LogP contribution in [0.15, 0.2) is 54.6 Å². The lowest BCUT2D eigenvalue weighted by atomic mass is 9.83. The van der Waals surface area contributed by atoms with Crippen LogP contribution in [0.5, 0.6) is 0 Å². The quantitative estimate of drug-likeness (QED) is 0.216. The van der Waals surface area contributed by atoms with Gasteiger partial charge in [0, 0.05) is 29.1 Å². The van der Waals surface area contributed by atoms with Crippen LogP contribution in [-0.4, -0.2) is 28.5 Å². The van der Waals surface area contributed by atoms with Gasteiger partial charge in [0.05, 0.1) is 23.8 Å². The first-order valence-corrected chi connectivity index (χ1v) is 13.9. The molecule has 0 aliphatic heterocycles. The Bertz CT molecular complexity index is 1580. The van der Waals surface area contributed by atoms with E-state index in [2.05, 4.69) is 15.0 Å². The first-order valence-electron chi connectivity index (χ1n) is 13.5. The van der Waals surface area contributed by atoms with Crippen molar-refractivity contribution in [1.82, 2.24) is 9.55 Å². The lowest BCUT2D eigenvalue weighted by molar-refractivity contribution is -0.140. The summed E-state index contributed by atoms with van der Waals surface area (Å²) in [7, 11) is 1.29. The van der Waals surface area contributed by atoms with E-state index in [1.807, 2.05) is 0 Å². The number of anilines is 1. The third-order valence-corrected chi connectivity index (χ3v) is 7.87. The van der Waals surface area contributed by atoms with Crippen LogP contribution in [0.25, 0.3) is 22.4 Å². The molecule has 4 aromatic rings. The topological polar surface area (TPSA) is 73.2 Å². The van der Waals surface area contributed by atoms with Gasteiger partial charge in [0.2, 0.25) is 5.91 Å². The van der Waals surface area contributed by atoms with E-state index in [4.69, 9.17) is 11.6 Å². The maximum absolute atomic E-state index is 15.1. The number of amides is 1. The third kappa shape index (κ3) is 6.25. The number of hydrogen-bond acceptors (Lipinski definition) is 4. The fourth-order valence-electron chi connectivity index (χ4n) is 5.54. The predicted octanol–water partition coefficient (Wildman–Crippen LogP) is 7.64. The van der Waals surface area contributed by atoms with Gasteiger partial charge in [0.1, 0.15) is 17.7 Å². The smallest absolute Gasteiger partial charge is 0.305 e. The summed E-state index contributed by atoms with van der Waals surface area (Å²) >= 11 is 6.10. The molecule has 214 valence electrons. The highest BCUT2D eigenvalue weighted by atomic mass is 35.5. The monoisotopic (exact) mass is 583 g/mol. The molecular weight excluding hydrogens is 555 g/mol. The van der Waals surface area contributed by atoms with E-state index in [1.165, 1.54) is 19.2 Å². The Balaban J connectivity index is 1.57. The van der Waals surface area contributed by atoms with Crippen LogP contribution >= 0.6 is 11.6 Å². The molecule has 0 radical (unpaired) electrons. The normalized spacial score (nSPS) is 14.7. The number of nitrogens with zero attached hydrogens (tertiary/aromatic N) is 2. The van der Waals surface area contributed by atoms with E-state index in [-0.39, 0.29) is 35.5 Å². The average Bonchev–Trinajstić information content (AvgIpc) is 3.31. The molecule has 0 spiro atoms. The van der Waals surface area contributed by atoms with Crippen molar-refractivity contribution >= 4 is 40.2 Å². The zero-order valence-electron chi connectivity index (χ0n) is 22.4. The number of benzene rings is 3. The molecule has 1 aliphatic rings. The number of ether oxygens (including phenoxy) is 1. The molecule has 1 fully saturated rings. The van der Waals surface area contributed by atoms with Crippen LogP contribution in [0.4, 0.5) is 18.9 Å². The first kappa shape index (κ1) is 28.7. The molecule has 1 amide bonds. The molecule has 1 unspecified atom stereocenters. The average molecular weight is 584 g/mol. The number of imidazole rings is 1. The Morgan fingerprint density at radius 2 is 1.71 bits per heavy atom. The van der Waals surface area contributed by atoms with Gasteiger partial charge >= 0.3 is 5.97 Å². The van der Waals surface area contributed by atoms with Crippen molar-refractivity contribution in [2.75, 3.05) is 12.4 Å². The van der Waals surface area contributed by atoms with E-state index in [9.17, 15) is 18.4 Å². The third-order valence-electron chi connectivity index (χ3n) is 7.61. The molecule has 1 saturated carbocycles. The van der Waals surface area contributed by atoms with Crippen molar-refractivity contribution in [3.8, 4) is 11.4 Å². The second kappa shape index (κ2) is 12.3. The standard InChI is InChI=1S/C31H29ClF3N3O3/c1-41-28(39)14-8-18-7-13-25(24(35)15-18)37-31(40)29(19-5-3-2-4-6-19)38-27-17-23(34)22(33)16-26(27)36-30(38)20-9-11-21(32)12-10-20/h7,9-13,15-17,19,29H,2-6,8,14H2,1H3,(H,37,40). The molecule has 5 rings (SSSR count). The molecule has 1 heterocycles.